The van der Waals surface area contributed by atoms with Crippen molar-refractivity contribution in [3.8, 4) is 5.75 Å². The second-order valence-corrected chi connectivity index (χ2v) is 9.68. The summed E-state index contributed by atoms with van der Waals surface area (Å²) in [5, 5.41) is 11.5. The standard InChI is InChI=1S/C29H30N2O4/c1-6-35-23-11-10-20(17-22(23)29(3,4)5)26(32)24-25(19-12-14-30-15-13-19)31(28(34)27(24)33)21-9-7-8-18(2)16-21/h7-17,25,32H,6H2,1-5H3/b26-24-. The summed E-state index contributed by atoms with van der Waals surface area (Å²) in [6.07, 6.45) is 3.22. The Bertz CT molecular complexity index is 1310. The number of amides is 1. The number of rotatable bonds is 5. The molecule has 35 heavy (non-hydrogen) atoms. The third-order valence-corrected chi connectivity index (χ3v) is 6.11. The van der Waals surface area contributed by atoms with E-state index in [2.05, 4.69) is 25.8 Å². The molecule has 1 aliphatic heterocycles. The molecule has 1 aliphatic rings. The number of anilines is 1. The van der Waals surface area contributed by atoms with Crippen molar-refractivity contribution in [1.82, 2.24) is 4.98 Å². The summed E-state index contributed by atoms with van der Waals surface area (Å²) >= 11 is 0. The predicted molar refractivity (Wildman–Crippen MR) is 137 cm³/mol. The quantitative estimate of drug-likeness (QED) is 0.293. The Morgan fingerprint density at radius 1 is 1.06 bits per heavy atom. The molecule has 6 heteroatoms. The Balaban J connectivity index is 1.94. The molecule has 1 aromatic heterocycles. The number of hydrogen-bond acceptors (Lipinski definition) is 5. The van der Waals surface area contributed by atoms with Crippen LogP contribution in [0.1, 0.15) is 56.0 Å². The molecule has 0 spiro atoms. The molecule has 2 aromatic carbocycles. The molecule has 2 heterocycles. The molecule has 1 fully saturated rings. The van der Waals surface area contributed by atoms with Crippen molar-refractivity contribution < 1.29 is 19.4 Å². The predicted octanol–water partition coefficient (Wildman–Crippen LogP) is 5.71. The van der Waals surface area contributed by atoms with E-state index >= 15 is 0 Å². The van der Waals surface area contributed by atoms with E-state index in [0.29, 0.717) is 23.4 Å². The molecule has 1 saturated heterocycles. The van der Waals surface area contributed by atoms with Crippen LogP contribution in [0.4, 0.5) is 5.69 Å². The third-order valence-electron chi connectivity index (χ3n) is 6.11. The lowest BCUT2D eigenvalue weighted by molar-refractivity contribution is -0.132. The van der Waals surface area contributed by atoms with Crippen LogP contribution < -0.4 is 9.64 Å². The maximum Gasteiger partial charge on any atom is 0.300 e. The highest BCUT2D eigenvalue weighted by atomic mass is 16.5. The molecule has 0 aliphatic carbocycles. The van der Waals surface area contributed by atoms with Gasteiger partial charge in [0.2, 0.25) is 0 Å². The summed E-state index contributed by atoms with van der Waals surface area (Å²) in [5.41, 5.74) is 3.38. The van der Waals surface area contributed by atoms with Crippen molar-refractivity contribution in [2.24, 2.45) is 0 Å². The Labute approximate surface area is 205 Å². The normalized spacial score (nSPS) is 17.6. The largest absolute Gasteiger partial charge is 0.507 e. The van der Waals surface area contributed by atoms with Crippen molar-refractivity contribution in [1.29, 1.82) is 0 Å². The molecule has 1 amide bonds. The smallest absolute Gasteiger partial charge is 0.300 e. The molecule has 3 aromatic rings. The highest BCUT2D eigenvalue weighted by molar-refractivity contribution is 6.51. The van der Waals surface area contributed by atoms with Gasteiger partial charge in [-0.05, 0) is 72.9 Å². The first-order valence-corrected chi connectivity index (χ1v) is 11.7. The van der Waals surface area contributed by atoms with Crippen molar-refractivity contribution in [3.63, 3.8) is 0 Å². The van der Waals surface area contributed by atoms with E-state index < -0.39 is 17.7 Å². The maximum absolute atomic E-state index is 13.4. The lowest BCUT2D eigenvalue weighted by Gasteiger charge is -2.26. The number of ether oxygens (including phenoxy) is 1. The molecule has 1 atom stereocenters. The van der Waals surface area contributed by atoms with E-state index in [0.717, 1.165) is 16.9 Å². The second-order valence-electron chi connectivity index (χ2n) is 9.68. The van der Waals surface area contributed by atoms with Gasteiger partial charge in [0.25, 0.3) is 11.7 Å². The van der Waals surface area contributed by atoms with Crippen LogP contribution in [0.5, 0.6) is 5.75 Å². The van der Waals surface area contributed by atoms with Crippen LogP contribution in [0.25, 0.3) is 5.76 Å². The molecule has 0 bridgehead atoms. The minimum Gasteiger partial charge on any atom is -0.507 e. The van der Waals surface area contributed by atoms with Gasteiger partial charge in [0.15, 0.2) is 0 Å². The zero-order valence-corrected chi connectivity index (χ0v) is 20.7. The van der Waals surface area contributed by atoms with E-state index in [-0.39, 0.29) is 16.7 Å². The molecular formula is C29H30N2O4. The van der Waals surface area contributed by atoms with E-state index in [4.69, 9.17) is 4.74 Å². The first-order valence-electron chi connectivity index (χ1n) is 11.7. The number of aliphatic hydroxyl groups is 1. The van der Waals surface area contributed by atoms with Crippen LogP contribution in [0.3, 0.4) is 0 Å². The summed E-state index contributed by atoms with van der Waals surface area (Å²) in [7, 11) is 0. The van der Waals surface area contributed by atoms with Crippen molar-refractivity contribution in [2.75, 3.05) is 11.5 Å². The van der Waals surface area contributed by atoms with Crippen LogP contribution >= 0.6 is 0 Å². The zero-order chi connectivity index (χ0) is 25.3. The number of nitrogens with zero attached hydrogens (tertiary/aromatic N) is 2. The highest BCUT2D eigenvalue weighted by Gasteiger charge is 2.47. The van der Waals surface area contributed by atoms with E-state index in [1.165, 1.54) is 4.90 Å². The van der Waals surface area contributed by atoms with Crippen LogP contribution in [-0.4, -0.2) is 28.4 Å². The van der Waals surface area contributed by atoms with Gasteiger partial charge in [-0.3, -0.25) is 19.5 Å². The molecule has 1 N–H and O–H groups in total. The molecule has 0 radical (unpaired) electrons. The molecule has 0 saturated carbocycles. The highest BCUT2D eigenvalue weighted by Crippen LogP contribution is 2.43. The summed E-state index contributed by atoms with van der Waals surface area (Å²) < 4.78 is 5.80. The van der Waals surface area contributed by atoms with Gasteiger partial charge >= 0.3 is 0 Å². The third kappa shape index (κ3) is 4.56. The van der Waals surface area contributed by atoms with E-state index in [1.54, 1.807) is 42.7 Å². The summed E-state index contributed by atoms with van der Waals surface area (Å²) in [6.45, 7) is 10.5. The van der Waals surface area contributed by atoms with E-state index in [9.17, 15) is 14.7 Å². The number of aromatic nitrogens is 1. The minimum atomic E-state index is -0.788. The summed E-state index contributed by atoms with van der Waals surface area (Å²) in [6, 6.07) is 15.5. The first kappa shape index (κ1) is 24.2. The van der Waals surface area contributed by atoms with Gasteiger partial charge in [0.05, 0.1) is 18.2 Å². The molecule has 1 unspecified atom stereocenters. The number of aliphatic hydroxyl groups excluding tert-OH is 1. The number of ketones is 1. The summed E-state index contributed by atoms with van der Waals surface area (Å²) in [4.78, 5) is 32.2. The maximum atomic E-state index is 13.4. The van der Waals surface area contributed by atoms with Crippen LogP contribution in [0.15, 0.2) is 72.6 Å². The SMILES string of the molecule is CCOc1ccc(/C(O)=C2/C(=O)C(=O)N(c3cccc(C)c3)C2c2ccncc2)cc1C(C)(C)C. The lowest BCUT2D eigenvalue weighted by Crippen LogP contribution is -2.29. The number of benzene rings is 2. The number of Topliss-reactive ketones (excluding diaryl/α,β-unsaturated/α-hetero) is 1. The van der Waals surface area contributed by atoms with E-state index in [1.807, 2.05) is 38.1 Å². The monoisotopic (exact) mass is 470 g/mol. The van der Waals surface area contributed by atoms with Crippen LogP contribution in [0.2, 0.25) is 0 Å². The van der Waals surface area contributed by atoms with Gasteiger partial charge in [0.1, 0.15) is 11.5 Å². The average Bonchev–Trinajstić information content (AvgIpc) is 3.09. The minimum absolute atomic E-state index is 0.0479. The van der Waals surface area contributed by atoms with Gasteiger partial charge in [-0.2, -0.15) is 0 Å². The first-order chi connectivity index (χ1) is 16.6. The molecule has 4 rings (SSSR count). The average molecular weight is 471 g/mol. The lowest BCUT2D eigenvalue weighted by atomic mass is 9.84. The fraction of sp³-hybridized carbons (Fsp3) is 0.276. The van der Waals surface area contributed by atoms with Crippen molar-refractivity contribution >= 4 is 23.1 Å². The van der Waals surface area contributed by atoms with Gasteiger partial charge < -0.3 is 9.84 Å². The fourth-order valence-electron chi connectivity index (χ4n) is 4.44. The fourth-order valence-corrected chi connectivity index (χ4v) is 4.44. The van der Waals surface area contributed by atoms with Gasteiger partial charge in [-0.25, -0.2) is 0 Å². The Hall–Kier alpha value is -3.93. The van der Waals surface area contributed by atoms with Crippen molar-refractivity contribution in [3.05, 3.63) is 94.8 Å². The summed E-state index contributed by atoms with van der Waals surface area (Å²) in [5.74, 6) is -0.894. The van der Waals surface area contributed by atoms with Crippen LogP contribution in [-0.2, 0) is 15.0 Å². The number of carbonyl (C=O) groups excluding carboxylic acids is 2. The second kappa shape index (κ2) is 9.37. The van der Waals surface area contributed by atoms with Crippen molar-refractivity contribution in [2.45, 2.75) is 46.1 Å². The zero-order valence-electron chi connectivity index (χ0n) is 20.7. The Kier molecular flexibility index (Phi) is 6.48. The van der Waals surface area contributed by atoms with Gasteiger partial charge in [-0.1, -0.05) is 32.9 Å². The number of pyridine rings is 1. The Morgan fingerprint density at radius 3 is 2.40 bits per heavy atom. The Morgan fingerprint density at radius 2 is 1.77 bits per heavy atom. The van der Waals surface area contributed by atoms with Gasteiger partial charge in [-0.15, -0.1) is 0 Å². The molecule has 180 valence electrons. The van der Waals surface area contributed by atoms with Gasteiger partial charge in [0, 0.05) is 29.2 Å². The molecule has 6 nitrogen and oxygen atoms in total. The molecular weight excluding hydrogens is 440 g/mol. The number of carbonyl (C=O) groups is 2. The number of hydrogen-bond donors (Lipinski definition) is 1. The number of aryl methyl sites for hydroxylation is 1. The topological polar surface area (TPSA) is 79.7 Å². The van der Waals surface area contributed by atoms with Crippen LogP contribution in [0, 0.1) is 6.92 Å².